The summed E-state index contributed by atoms with van der Waals surface area (Å²) in [5.41, 5.74) is 9.51. The molecule has 7 heteroatoms. The number of anilines is 1. The highest BCUT2D eigenvalue weighted by Crippen LogP contribution is 2.36. The number of phenols is 1. The van der Waals surface area contributed by atoms with E-state index in [1.165, 1.54) is 0 Å². The molecular formula is C25H23N5O2. The molecule has 0 bridgehead atoms. The Balaban J connectivity index is 1.59. The lowest BCUT2D eigenvalue weighted by Gasteiger charge is -2.21. The SMILES string of the molecule is Cc1ccc2c(N3CC[C@H](c4cnccc4C(N)=O)C3)nc(-c3ccccc3O)nc2c1. The van der Waals surface area contributed by atoms with Gasteiger partial charge in [0.05, 0.1) is 11.1 Å². The summed E-state index contributed by atoms with van der Waals surface area (Å²) >= 11 is 0. The zero-order valence-electron chi connectivity index (χ0n) is 17.7. The summed E-state index contributed by atoms with van der Waals surface area (Å²) < 4.78 is 0. The predicted molar refractivity (Wildman–Crippen MR) is 124 cm³/mol. The third-order valence-electron chi connectivity index (χ3n) is 6.02. The maximum atomic E-state index is 11.9. The molecule has 0 aliphatic carbocycles. The summed E-state index contributed by atoms with van der Waals surface area (Å²) in [6.07, 6.45) is 4.19. The molecule has 1 amide bonds. The number of amides is 1. The molecule has 2 aromatic heterocycles. The van der Waals surface area contributed by atoms with Gasteiger partial charge in [0, 0.05) is 42.4 Å². The number of hydrogen-bond acceptors (Lipinski definition) is 6. The number of para-hydroxylation sites is 1. The number of fused-ring (bicyclic) bond motifs is 1. The molecule has 0 unspecified atom stereocenters. The fourth-order valence-electron chi connectivity index (χ4n) is 4.41. The van der Waals surface area contributed by atoms with E-state index in [4.69, 9.17) is 15.7 Å². The summed E-state index contributed by atoms with van der Waals surface area (Å²) in [7, 11) is 0. The van der Waals surface area contributed by atoms with E-state index in [1.54, 1.807) is 30.6 Å². The van der Waals surface area contributed by atoms with Gasteiger partial charge in [-0.05, 0) is 54.8 Å². The predicted octanol–water partition coefficient (Wildman–Crippen LogP) is 3.80. The van der Waals surface area contributed by atoms with Gasteiger partial charge in [-0.15, -0.1) is 0 Å². The number of pyridine rings is 1. The second-order valence-corrected chi connectivity index (χ2v) is 8.17. The van der Waals surface area contributed by atoms with Crippen molar-refractivity contribution in [3.8, 4) is 17.1 Å². The van der Waals surface area contributed by atoms with Gasteiger partial charge in [-0.3, -0.25) is 9.78 Å². The maximum Gasteiger partial charge on any atom is 0.249 e. The normalized spacial score (nSPS) is 15.9. The van der Waals surface area contributed by atoms with E-state index in [1.807, 2.05) is 31.2 Å². The van der Waals surface area contributed by atoms with Crippen molar-refractivity contribution in [1.82, 2.24) is 15.0 Å². The van der Waals surface area contributed by atoms with Gasteiger partial charge in [0.15, 0.2) is 5.82 Å². The van der Waals surface area contributed by atoms with Crippen molar-refractivity contribution in [1.29, 1.82) is 0 Å². The first kappa shape index (κ1) is 19.9. The maximum absolute atomic E-state index is 11.9. The number of nitrogens with two attached hydrogens (primary N) is 1. The van der Waals surface area contributed by atoms with E-state index in [0.29, 0.717) is 23.5 Å². The van der Waals surface area contributed by atoms with E-state index in [9.17, 15) is 9.90 Å². The third kappa shape index (κ3) is 3.51. The molecule has 1 aliphatic heterocycles. The molecule has 2 aromatic carbocycles. The van der Waals surface area contributed by atoms with Crippen molar-refractivity contribution in [2.75, 3.05) is 18.0 Å². The lowest BCUT2D eigenvalue weighted by molar-refractivity contribution is 0.0999. The Hall–Kier alpha value is -4.00. The number of carbonyl (C=O) groups is 1. The minimum absolute atomic E-state index is 0.121. The van der Waals surface area contributed by atoms with Crippen LogP contribution in [0.4, 0.5) is 5.82 Å². The van der Waals surface area contributed by atoms with Crippen LogP contribution in [-0.4, -0.2) is 39.1 Å². The number of nitrogens with zero attached hydrogens (tertiary/aromatic N) is 4. The number of benzene rings is 2. The average molecular weight is 425 g/mol. The highest BCUT2D eigenvalue weighted by atomic mass is 16.3. The molecule has 1 saturated heterocycles. The molecule has 32 heavy (non-hydrogen) atoms. The Morgan fingerprint density at radius 2 is 2.00 bits per heavy atom. The van der Waals surface area contributed by atoms with Crippen molar-refractivity contribution in [3.05, 3.63) is 77.6 Å². The first-order chi connectivity index (χ1) is 15.5. The molecule has 5 rings (SSSR count). The van der Waals surface area contributed by atoms with Crippen molar-refractivity contribution in [2.24, 2.45) is 5.73 Å². The van der Waals surface area contributed by atoms with Crippen LogP contribution in [0, 0.1) is 6.92 Å². The molecule has 1 atom stereocenters. The fourth-order valence-corrected chi connectivity index (χ4v) is 4.41. The van der Waals surface area contributed by atoms with Gasteiger partial charge in [-0.25, -0.2) is 9.97 Å². The first-order valence-electron chi connectivity index (χ1n) is 10.6. The van der Waals surface area contributed by atoms with Crippen molar-refractivity contribution in [3.63, 3.8) is 0 Å². The van der Waals surface area contributed by atoms with Crippen LogP contribution in [0.3, 0.4) is 0 Å². The van der Waals surface area contributed by atoms with Crippen LogP contribution in [-0.2, 0) is 0 Å². The largest absolute Gasteiger partial charge is 0.507 e. The van der Waals surface area contributed by atoms with Crippen molar-refractivity contribution < 1.29 is 9.90 Å². The van der Waals surface area contributed by atoms with Crippen LogP contribution in [0.2, 0.25) is 0 Å². The van der Waals surface area contributed by atoms with Gasteiger partial charge in [0.25, 0.3) is 0 Å². The lowest BCUT2D eigenvalue weighted by atomic mass is 9.95. The van der Waals surface area contributed by atoms with Crippen LogP contribution in [0.1, 0.15) is 33.8 Å². The highest BCUT2D eigenvalue weighted by molar-refractivity contribution is 5.95. The minimum atomic E-state index is -0.439. The van der Waals surface area contributed by atoms with E-state index in [0.717, 1.165) is 40.8 Å². The number of phenolic OH excluding ortho intramolecular Hbond substituents is 1. The molecule has 3 heterocycles. The Morgan fingerprint density at radius 3 is 2.81 bits per heavy atom. The van der Waals surface area contributed by atoms with Crippen LogP contribution in [0.15, 0.2) is 60.9 Å². The fraction of sp³-hybridized carbons (Fsp3) is 0.200. The third-order valence-corrected chi connectivity index (χ3v) is 6.02. The molecule has 1 aliphatic rings. The zero-order valence-corrected chi connectivity index (χ0v) is 17.7. The average Bonchev–Trinajstić information content (AvgIpc) is 3.28. The minimum Gasteiger partial charge on any atom is -0.507 e. The van der Waals surface area contributed by atoms with Crippen molar-refractivity contribution in [2.45, 2.75) is 19.3 Å². The molecule has 0 spiro atoms. The van der Waals surface area contributed by atoms with Gasteiger partial charge in [-0.1, -0.05) is 18.2 Å². The Morgan fingerprint density at radius 1 is 1.16 bits per heavy atom. The Bertz CT molecular complexity index is 1340. The van der Waals surface area contributed by atoms with Gasteiger partial charge in [-0.2, -0.15) is 0 Å². The highest BCUT2D eigenvalue weighted by Gasteiger charge is 2.29. The summed E-state index contributed by atoms with van der Waals surface area (Å²) in [6.45, 7) is 3.49. The number of aromatic nitrogens is 3. The quantitative estimate of drug-likeness (QED) is 0.515. The molecule has 4 aromatic rings. The molecular weight excluding hydrogens is 402 g/mol. The van der Waals surface area contributed by atoms with E-state index in [2.05, 4.69) is 16.0 Å². The number of primary amides is 1. The van der Waals surface area contributed by atoms with Crippen LogP contribution >= 0.6 is 0 Å². The number of aryl methyl sites for hydroxylation is 1. The molecule has 7 nitrogen and oxygen atoms in total. The number of aromatic hydroxyl groups is 1. The van der Waals surface area contributed by atoms with E-state index >= 15 is 0 Å². The first-order valence-corrected chi connectivity index (χ1v) is 10.6. The van der Waals surface area contributed by atoms with E-state index < -0.39 is 5.91 Å². The molecule has 0 saturated carbocycles. The number of hydrogen-bond donors (Lipinski definition) is 2. The van der Waals surface area contributed by atoms with Crippen molar-refractivity contribution >= 4 is 22.6 Å². The van der Waals surface area contributed by atoms with Gasteiger partial charge in [0.2, 0.25) is 5.91 Å². The second kappa shape index (κ2) is 7.92. The second-order valence-electron chi connectivity index (χ2n) is 8.17. The summed E-state index contributed by atoms with van der Waals surface area (Å²) in [6, 6.07) is 14.9. The molecule has 1 fully saturated rings. The van der Waals surface area contributed by atoms with Crippen LogP contribution in [0.25, 0.3) is 22.3 Å². The Labute approximate surface area is 185 Å². The standard InChI is InChI=1S/C25H23N5O2/c1-15-6-7-18-21(12-15)28-24(19-4-2-3-5-22(19)31)29-25(18)30-11-9-16(14-30)20-13-27-10-8-17(20)23(26)32/h2-8,10,12-13,16,31H,9,11,14H2,1H3,(H2,26,32)/t16-/m0/s1. The monoisotopic (exact) mass is 425 g/mol. The summed E-state index contributed by atoms with van der Waals surface area (Å²) in [4.78, 5) is 28.0. The van der Waals surface area contributed by atoms with Crippen LogP contribution in [0.5, 0.6) is 5.75 Å². The van der Waals surface area contributed by atoms with Gasteiger partial charge >= 0.3 is 0 Å². The Kier molecular flexibility index (Phi) is 4.93. The van der Waals surface area contributed by atoms with Gasteiger partial charge in [0.1, 0.15) is 11.6 Å². The zero-order chi connectivity index (χ0) is 22.2. The molecule has 160 valence electrons. The van der Waals surface area contributed by atoms with Gasteiger partial charge < -0.3 is 15.7 Å². The number of carbonyl (C=O) groups excluding carboxylic acids is 1. The topological polar surface area (TPSA) is 105 Å². The van der Waals surface area contributed by atoms with E-state index in [-0.39, 0.29) is 11.7 Å². The molecule has 3 N–H and O–H groups in total. The van der Waals surface area contributed by atoms with Crippen LogP contribution < -0.4 is 10.6 Å². The number of rotatable bonds is 4. The lowest BCUT2D eigenvalue weighted by Crippen LogP contribution is -2.22. The summed E-state index contributed by atoms with van der Waals surface area (Å²) in [5, 5.41) is 11.3. The molecule has 0 radical (unpaired) electrons. The smallest absolute Gasteiger partial charge is 0.249 e. The summed E-state index contributed by atoms with van der Waals surface area (Å²) in [5.74, 6) is 1.13.